The monoisotopic (exact) mass is 384 g/mol. The Labute approximate surface area is 163 Å². The Balaban J connectivity index is 2.23. The molecule has 0 saturated carbocycles. The van der Waals surface area contributed by atoms with E-state index in [2.05, 4.69) is 30.4 Å². The van der Waals surface area contributed by atoms with E-state index in [1.54, 1.807) is 6.92 Å². The molecule has 0 aliphatic heterocycles. The van der Waals surface area contributed by atoms with E-state index in [0.29, 0.717) is 10.6 Å². The summed E-state index contributed by atoms with van der Waals surface area (Å²) in [5.41, 5.74) is 3.52. The molecule has 0 unspecified atom stereocenters. The number of carboxylic acid groups (broad SMARTS) is 1. The van der Waals surface area contributed by atoms with E-state index in [0.717, 1.165) is 28.8 Å². The van der Waals surface area contributed by atoms with Crippen molar-refractivity contribution in [3.63, 3.8) is 0 Å². The molecule has 5 nitrogen and oxygen atoms in total. The summed E-state index contributed by atoms with van der Waals surface area (Å²) < 4.78 is 0. The Morgan fingerprint density at radius 1 is 1.26 bits per heavy atom. The maximum atomic E-state index is 12.2. The molecule has 142 valence electrons. The van der Waals surface area contributed by atoms with Crippen LogP contribution in [0.2, 0.25) is 0 Å². The van der Waals surface area contributed by atoms with Gasteiger partial charge in [0.15, 0.2) is 0 Å². The summed E-state index contributed by atoms with van der Waals surface area (Å²) in [5, 5.41) is 21.8. The second kappa shape index (κ2) is 9.33. The molecule has 6 heteroatoms. The van der Waals surface area contributed by atoms with Crippen molar-refractivity contribution in [3.8, 4) is 17.2 Å². The van der Waals surface area contributed by atoms with Crippen molar-refractivity contribution in [1.29, 1.82) is 5.26 Å². The van der Waals surface area contributed by atoms with Gasteiger partial charge in [-0.3, -0.25) is 9.59 Å². The molecular weight excluding hydrogens is 360 g/mol. The molecule has 0 radical (unpaired) electrons. The van der Waals surface area contributed by atoms with Gasteiger partial charge in [0.2, 0.25) is 5.91 Å². The van der Waals surface area contributed by atoms with Crippen LogP contribution < -0.4 is 5.32 Å². The third-order valence-electron chi connectivity index (χ3n) is 4.29. The molecule has 2 aromatic rings. The Kier molecular flexibility index (Phi) is 7.14. The number of carbonyl (C=O) groups is 2. The molecule has 0 fully saturated rings. The Morgan fingerprint density at radius 3 is 2.48 bits per heavy atom. The maximum absolute atomic E-state index is 12.2. The number of rotatable bonds is 8. The lowest BCUT2D eigenvalue weighted by molar-refractivity contribution is -0.138. The van der Waals surface area contributed by atoms with E-state index < -0.39 is 5.97 Å². The van der Waals surface area contributed by atoms with Gasteiger partial charge in [0, 0.05) is 23.3 Å². The van der Waals surface area contributed by atoms with Crippen molar-refractivity contribution in [2.75, 3.05) is 5.32 Å². The van der Waals surface area contributed by atoms with Gasteiger partial charge in [-0.05, 0) is 30.4 Å². The van der Waals surface area contributed by atoms with E-state index >= 15 is 0 Å². The van der Waals surface area contributed by atoms with Crippen molar-refractivity contribution in [2.45, 2.75) is 46.5 Å². The summed E-state index contributed by atoms with van der Waals surface area (Å²) in [7, 11) is 0. The molecule has 27 heavy (non-hydrogen) atoms. The molecular formula is C21H24N2O3S. The number of hydrogen-bond acceptors (Lipinski definition) is 4. The minimum Gasteiger partial charge on any atom is -0.481 e. The second-order valence-electron chi connectivity index (χ2n) is 6.75. The van der Waals surface area contributed by atoms with E-state index in [1.807, 2.05) is 19.1 Å². The van der Waals surface area contributed by atoms with Crippen LogP contribution in [-0.2, 0) is 16.0 Å². The van der Waals surface area contributed by atoms with Crippen LogP contribution in [0.4, 0.5) is 5.00 Å². The summed E-state index contributed by atoms with van der Waals surface area (Å²) in [4.78, 5) is 23.9. The third-order valence-corrected chi connectivity index (χ3v) is 5.31. The van der Waals surface area contributed by atoms with Crippen molar-refractivity contribution in [3.05, 3.63) is 40.3 Å². The van der Waals surface area contributed by atoms with Crippen LogP contribution in [0, 0.1) is 24.2 Å². The zero-order valence-electron chi connectivity index (χ0n) is 15.8. The number of nitrogens with zero attached hydrogens (tertiary/aromatic N) is 1. The highest BCUT2D eigenvalue weighted by Gasteiger charge is 2.20. The molecule has 1 aromatic heterocycles. The van der Waals surface area contributed by atoms with Crippen LogP contribution in [-0.4, -0.2) is 17.0 Å². The first-order chi connectivity index (χ1) is 12.8. The second-order valence-corrected chi connectivity index (χ2v) is 7.98. The fourth-order valence-corrected chi connectivity index (χ4v) is 4.12. The number of carboxylic acids is 1. The van der Waals surface area contributed by atoms with Crippen molar-refractivity contribution in [1.82, 2.24) is 0 Å². The fourth-order valence-electron chi connectivity index (χ4n) is 3.08. The summed E-state index contributed by atoms with van der Waals surface area (Å²) in [6.07, 6.45) is 2.15. The number of anilines is 1. The van der Waals surface area contributed by atoms with Crippen LogP contribution in [0.3, 0.4) is 0 Å². The molecule has 2 rings (SSSR count). The SMILES string of the molecule is CCCc1ccc(-c2c(C)sc(NC(=O)C[C@H](C)CC(=O)O)c2C#N)cc1. The van der Waals surface area contributed by atoms with Gasteiger partial charge in [-0.1, -0.05) is 44.5 Å². The Morgan fingerprint density at radius 2 is 1.93 bits per heavy atom. The van der Waals surface area contributed by atoms with E-state index in [-0.39, 0.29) is 24.7 Å². The largest absolute Gasteiger partial charge is 0.481 e. The maximum Gasteiger partial charge on any atom is 0.303 e. The van der Waals surface area contributed by atoms with Crippen LogP contribution >= 0.6 is 11.3 Å². The van der Waals surface area contributed by atoms with Crippen LogP contribution in [0.15, 0.2) is 24.3 Å². The van der Waals surface area contributed by atoms with Gasteiger partial charge in [-0.15, -0.1) is 11.3 Å². The normalized spacial score (nSPS) is 11.6. The van der Waals surface area contributed by atoms with Gasteiger partial charge in [-0.2, -0.15) is 5.26 Å². The van der Waals surface area contributed by atoms with Gasteiger partial charge in [0.1, 0.15) is 11.1 Å². The summed E-state index contributed by atoms with van der Waals surface area (Å²) in [6, 6.07) is 10.4. The molecule has 0 bridgehead atoms. The number of aryl methyl sites for hydroxylation is 2. The highest BCUT2D eigenvalue weighted by molar-refractivity contribution is 7.17. The number of amides is 1. The minimum atomic E-state index is -0.922. The number of thiophene rings is 1. The molecule has 0 aliphatic carbocycles. The lowest BCUT2D eigenvalue weighted by Gasteiger charge is -2.09. The van der Waals surface area contributed by atoms with Gasteiger partial charge < -0.3 is 10.4 Å². The number of nitrogens with one attached hydrogen (secondary N) is 1. The van der Waals surface area contributed by atoms with E-state index in [1.165, 1.54) is 16.9 Å². The first-order valence-corrected chi connectivity index (χ1v) is 9.81. The molecule has 0 saturated heterocycles. The van der Waals surface area contributed by atoms with Gasteiger partial charge >= 0.3 is 5.97 Å². The third kappa shape index (κ3) is 5.41. The highest BCUT2D eigenvalue weighted by atomic mass is 32.1. The Hall–Kier alpha value is -2.65. The molecule has 1 aromatic carbocycles. The fraction of sp³-hybridized carbons (Fsp3) is 0.381. The molecule has 0 aliphatic rings. The van der Waals surface area contributed by atoms with Crippen molar-refractivity contribution >= 4 is 28.2 Å². The predicted molar refractivity (Wildman–Crippen MR) is 108 cm³/mol. The molecule has 1 heterocycles. The summed E-state index contributed by atoms with van der Waals surface area (Å²) in [5.74, 6) is -1.46. The smallest absolute Gasteiger partial charge is 0.303 e. The van der Waals surface area contributed by atoms with Crippen LogP contribution in [0.25, 0.3) is 11.1 Å². The van der Waals surface area contributed by atoms with Crippen LogP contribution in [0.1, 0.15) is 49.1 Å². The summed E-state index contributed by atoms with van der Waals surface area (Å²) in [6.45, 7) is 5.79. The van der Waals surface area contributed by atoms with Crippen molar-refractivity contribution < 1.29 is 14.7 Å². The molecule has 1 atom stereocenters. The highest BCUT2D eigenvalue weighted by Crippen LogP contribution is 2.39. The lowest BCUT2D eigenvalue weighted by atomic mass is 9.99. The van der Waals surface area contributed by atoms with E-state index in [9.17, 15) is 14.9 Å². The zero-order chi connectivity index (χ0) is 20.0. The number of aliphatic carboxylic acids is 1. The van der Waals surface area contributed by atoms with Crippen molar-refractivity contribution in [2.24, 2.45) is 5.92 Å². The number of carbonyl (C=O) groups excluding carboxylic acids is 1. The number of hydrogen-bond donors (Lipinski definition) is 2. The first kappa shape index (κ1) is 20.7. The average molecular weight is 385 g/mol. The Bertz CT molecular complexity index is 863. The lowest BCUT2D eigenvalue weighted by Crippen LogP contribution is -2.16. The quantitative estimate of drug-likeness (QED) is 0.671. The average Bonchev–Trinajstić information content (AvgIpc) is 2.89. The predicted octanol–water partition coefficient (Wildman–Crippen LogP) is 4.99. The topological polar surface area (TPSA) is 90.2 Å². The zero-order valence-corrected chi connectivity index (χ0v) is 16.7. The molecule has 0 spiro atoms. The summed E-state index contributed by atoms with van der Waals surface area (Å²) >= 11 is 1.37. The van der Waals surface area contributed by atoms with Gasteiger partial charge in [0.25, 0.3) is 0 Å². The van der Waals surface area contributed by atoms with E-state index in [4.69, 9.17) is 5.11 Å². The number of benzene rings is 1. The first-order valence-electron chi connectivity index (χ1n) is 9.00. The minimum absolute atomic E-state index is 0.0582. The molecule has 2 N–H and O–H groups in total. The van der Waals surface area contributed by atoms with Gasteiger partial charge in [0.05, 0.1) is 5.56 Å². The van der Waals surface area contributed by atoms with Crippen LogP contribution in [0.5, 0.6) is 0 Å². The molecule has 1 amide bonds. The standard InChI is InChI=1S/C21H24N2O3S/c1-4-5-15-6-8-16(9-7-15)20-14(3)27-21(17(20)12-22)23-18(24)10-13(2)11-19(25)26/h6-9,13H,4-5,10-11H2,1-3H3,(H,23,24)(H,25,26)/t13-/m0/s1. The van der Waals surface area contributed by atoms with Gasteiger partial charge in [-0.25, -0.2) is 0 Å². The number of nitriles is 1.